The van der Waals surface area contributed by atoms with Gasteiger partial charge >= 0.3 is 5.97 Å². The average molecular weight is 310 g/mol. The van der Waals surface area contributed by atoms with E-state index in [2.05, 4.69) is 5.32 Å². The Balaban J connectivity index is 2.78. The van der Waals surface area contributed by atoms with Crippen LogP contribution in [0.15, 0.2) is 18.2 Å². The number of nitrogens with one attached hydrogen (secondary N) is 1. The van der Waals surface area contributed by atoms with Crippen LogP contribution in [0.4, 0.5) is 5.69 Å². The van der Waals surface area contributed by atoms with Gasteiger partial charge in [0.05, 0.1) is 12.0 Å². The maximum atomic E-state index is 12.0. The zero-order valence-corrected chi connectivity index (χ0v) is 12.6. The molecular formula is C14H18N2O6. The van der Waals surface area contributed by atoms with Crippen LogP contribution in [0.25, 0.3) is 0 Å². The molecule has 0 heterocycles. The normalized spacial score (nSPS) is 11.4. The van der Waals surface area contributed by atoms with Crippen LogP contribution in [0.3, 0.4) is 0 Å². The van der Waals surface area contributed by atoms with Crippen LogP contribution in [0.5, 0.6) is 5.75 Å². The first kappa shape index (κ1) is 17.4. The molecule has 0 spiro atoms. The van der Waals surface area contributed by atoms with Gasteiger partial charge in [0.25, 0.3) is 11.6 Å². The van der Waals surface area contributed by atoms with Crippen molar-refractivity contribution in [2.45, 2.75) is 26.3 Å². The fourth-order valence-electron chi connectivity index (χ4n) is 1.60. The van der Waals surface area contributed by atoms with Crippen molar-refractivity contribution in [3.05, 3.63) is 33.9 Å². The van der Waals surface area contributed by atoms with Crippen LogP contribution in [-0.4, -0.2) is 36.6 Å². The number of amides is 1. The molecule has 0 aromatic heterocycles. The summed E-state index contributed by atoms with van der Waals surface area (Å²) in [6, 6.07) is 3.53. The number of nitrogens with zero attached hydrogens (tertiary/aromatic N) is 1. The highest BCUT2D eigenvalue weighted by Crippen LogP contribution is 2.24. The van der Waals surface area contributed by atoms with E-state index in [0.717, 1.165) is 12.5 Å². The van der Waals surface area contributed by atoms with Gasteiger partial charge < -0.3 is 14.8 Å². The van der Waals surface area contributed by atoms with Gasteiger partial charge in [0, 0.05) is 18.2 Å². The number of ether oxygens (including phenoxy) is 2. The van der Waals surface area contributed by atoms with E-state index < -0.39 is 23.4 Å². The van der Waals surface area contributed by atoms with Gasteiger partial charge in [0.1, 0.15) is 11.3 Å². The van der Waals surface area contributed by atoms with Crippen LogP contribution >= 0.6 is 0 Å². The fraction of sp³-hybridized carbons (Fsp3) is 0.429. The molecule has 0 bridgehead atoms. The number of carbonyl (C=O) groups is 2. The Hall–Kier alpha value is -2.64. The molecular weight excluding hydrogens is 292 g/mol. The average Bonchev–Trinajstić information content (AvgIpc) is 2.51. The van der Waals surface area contributed by atoms with E-state index in [4.69, 9.17) is 9.47 Å². The number of benzene rings is 1. The minimum atomic E-state index is -0.861. The Labute approximate surface area is 127 Å². The van der Waals surface area contributed by atoms with Crippen LogP contribution in [0.2, 0.25) is 0 Å². The summed E-state index contributed by atoms with van der Waals surface area (Å²) >= 11 is 0. The molecule has 1 amide bonds. The van der Waals surface area contributed by atoms with Gasteiger partial charge in [-0.3, -0.25) is 14.9 Å². The summed E-state index contributed by atoms with van der Waals surface area (Å²) in [6.45, 7) is 3.27. The minimum absolute atomic E-state index is 0.0291. The summed E-state index contributed by atoms with van der Waals surface area (Å²) in [5, 5.41) is 13.4. The van der Waals surface area contributed by atoms with Crippen molar-refractivity contribution in [1.29, 1.82) is 0 Å². The Morgan fingerprint density at radius 3 is 2.64 bits per heavy atom. The van der Waals surface area contributed by atoms with Gasteiger partial charge in [-0.15, -0.1) is 0 Å². The minimum Gasteiger partial charge on any atom is -0.496 e. The highest BCUT2D eigenvalue weighted by atomic mass is 16.6. The zero-order chi connectivity index (χ0) is 16.7. The molecule has 1 rings (SSSR count). The van der Waals surface area contributed by atoms with Crippen molar-refractivity contribution in [2.75, 3.05) is 13.7 Å². The molecule has 0 aliphatic rings. The maximum Gasteiger partial charge on any atom is 0.342 e. The van der Waals surface area contributed by atoms with E-state index in [1.807, 2.05) is 13.8 Å². The number of carbonyl (C=O) groups excluding carboxylic acids is 2. The standard InChI is InChI=1S/C14H18N2O6/c1-4-9(2)15-13(17)8-22-14(18)11-7-10(16(19)20)5-6-12(11)21-3/h5-7,9H,4,8H2,1-3H3,(H,15,17)/t9-/m0/s1. The molecule has 0 unspecified atom stereocenters. The first-order valence-corrected chi connectivity index (χ1v) is 6.68. The van der Waals surface area contributed by atoms with Gasteiger partial charge in [-0.1, -0.05) is 6.92 Å². The lowest BCUT2D eigenvalue weighted by Crippen LogP contribution is -2.35. The summed E-state index contributed by atoms with van der Waals surface area (Å²) in [7, 11) is 1.33. The molecule has 8 heteroatoms. The molecule has 0 saturated heterocycles. The molecule has 0 aliphatic carbocycles. The predicted molar refractivity (Wildman–Crippen MR) is 77.8 cm³/mol. The zero-order valence-electron chi connectivity index (χ0n) is 12.6. The number of non-ortho nitro benzene ring substituents is 1. The SMILES string of the molecule is CC[C@H](C)NC(=O)COC(=O)c1cc([N+](=O)[O-])ccc1OC. The van der Waals surface area contributed by atoms with Crippen molar-refractivity contribution in [3.63, 3.8) is 0 Å². The van der Waals surface area contributed by atoms with E-state index in [9.17, 15) is 19.7 Å². The number of esters is 1. The molecule has 8 nitrogen and oxygen atoms in total. The fourth-order valence-corrected chi connectivity index (χ4v) is 1.60. The van der Waals surface area contributed by atoms with E-state index in [0.29, 0.717) is 0 Å². The van der Waals surface area contributed by atoms with Crippen molar-refractivity contribution < 1.29 is 24.0 Å². The van der Waals surface area contributed by atoms with E-state index in [1.165, 1.54) is 19.2 Å². The number of hydrogen-bond acceptors (Lipinski definition) is 6. The summed E-state index contributed by atoms with van der Waals surface area (Å²) in [5.74, 6) is -1.16. The number of nitro benzene ring substituents is 1. The first-order valence-electron chi connectivity index (χ1n) is 6.68. The van der Waals surface area contributed by atoms with Crippen LogP contribution in [0, 0.1) is 10.1 Å². The molecule has 1 atom stereocenters. The molecule has 1 aromatic rings. The Morgan fingerprint density at radius 1 is 1.41 bits per heavy atom. The van der Waals surface area contributed by atoms with Crippen molar-refractivity contribution in [2.24, 2.45) is 0 Å². The second kappa shape index (κ2) is 7.96. The second-order valence-corrected chi connectivity index (χ2v) is 4.59. The summed E-state index contributed by atoms with van der Waals surface area (Å²) < 4.78 is 9.82. The molecule has 0 aliphatic heterocycles. The number of nitro groups is 1. The van der Waals surface area contributed by atoms with E-state index in [1.54, 1.807) is 0 Å². The Kier molecular flexibility index (Phi) is 6.30. The quantitative estimate of drug-likeness (QED) is 0.466. The molecule has 1 aromatic carbocycles. The number of rotatable bonds is 7. The lowest BCUT2D eigenvalue weighted by molar-refractivity contribution is -0.384. The summed E-state index contributed by atoms with van der Waals surface area (Å²) in [4.78, 5) is 33.6. The van der Waals surface area contributed by atoms with Gasteiger partial charge in [-0.25, -0.2) is 4.79 Å². The van der Waals surface area contributed by atoms with Crippen molar-refractivity contribution >= 4 is 17.6 Å². The predicted octanol–water partition coefficient (Wildman–Crippen LogP) is 1.67. The third kappa shape index (κ3) is 4.72. The lowest BCUT2D eigenvalue weighted by Gasteiger charge is -2.12. The number of hydrogen-bond donors (Lipinski definition) is 1. The largest absolute Gasteiger partial charge is 0.496 e. The van der Waals surface area contributed by atoms with Crippen molar-refractivity contribution in [3.8, 4) is 5.75 Å². The third-order valence-corrected chi connectivity index (χ3v) is 2.97. The van der Waals surface area contributed by atoms with Gasteiger partial charge in [0.2, 0.25) is 0 Å². The second-order valence-electron chi connectivity index (χ2n) is 4.59. The van der Waals surface area contributed by atoms with Crippen LogP contribution in [0.1, 0.15) is 30.6 Å². The Bertz CT molecular complexity index is 572. The smallest absolute Gasteiger partial charge is 0.342 e. The molecule has 0 radical (unpaired) electrons. The van der Waals surface area contributed by atoms with Crippen LogP contribution < -0.4 is 10.1 Å². The highest BCUT2D eigenvalue weighted by molar-refractivity contribution is 5.94. The summed E-state index contributed by atoms with van der Waals surface area (Å²) in [6.07, 6.45) is 0.748. The Morgan fingerprint density at radius 2 is 2.09 bits per heavy atom. The monoisotopic (exact) mass is 310 g/mol. The molecule has 120 valence electrons. The van der Waals surface area contributed by atoms with Gasteiger partial charge in [0.15, 0.2) is 6.61 Å². The first-order chi connectivity index (χ1) is 10.4. The van der Waals surface area contributed by atoms with Gasteiger partial charge in [-0.05, 0) is 19.4 Å². The molecule has 0 fully saturated rings. The summed E-state index contributed by atoms with van der Waals surface area (Å²) in [5.41, 5.74) is -0.371. The molecule has 22 heavy (non-hydrogen) atoms. The molecule has 0 saturated carbocycles. The maximum absolute atomic E-state index is 12.0. The number of methoxy groups -OCH3 is 1. The lowest BCUT2D eigenvalue weighted by atomic mass is 10.2. The van der Waals surface area contributed by atoms with Gasteiger partial charge in [-0.2, -0.15) is 0 Å². The topological polar surface area (TPSA) is 108 Å². The van der Waals surface area contributed by atoms with E-state index in [-0.39, 0.29) is 23.0 Å². The highest BCUT2D eigenvalue weighted by Gasteiger charge is 2.19. The molecule has 1 N–H and O–H groups in total. The van der Waals surface area contributed by atoms with Crippen LogP contribution in [-0.2, 0) is 9.53 Å². The third-order valence-electron chi connectivity index (χ3n) is 2.97. The van der Waals surface area contributed by atoms with E-state index >= 15 is 0 Å². The van der Waals surface area contributed by atoms with Crippen molar-refractivity contribution in [1.82, 2.24) is 5.32 Å².